The number of esters is 1. The number of rotatable bonds is 15. The number of ether oxygens (including phenoxy) is 1. The zero-order chi connectivity index (χ0) is 21.4. The molecule has 1 aliphatic carbocycles. The van der Waals surface area contributed by atoms with Crippen LogP contribution in [0.3, 0.4) is 0 Å². The molecule has 1 atom stereocenters. The molecule has 4 heteroatoms. The zero-order valence-electron chi connectivity index (χ0n) is 18.9. The predicted octanol–water partition coefficient (Wildman–Crippen LogP) is 6.42. The van der Waals surface area contributed by atoms with E-state index in [9.17, 15) is 9.59 Å². The van der Waals surface area contributed by atoms with Gasteiger partial charge in [-0.25, -0.2) is 0 Å². The lowest BCUT2D eigenvalue weighted by Crippen LogP contribution is -2.30. The molecular formula is C26H41NO3. The Morgan fingerprint density at radius 1 is 0.933 bits per heavy atom. The molecule has 0 heterocycles. The van der Waals surface area contributed by atoms with E-state index in [1.165, 1.54) is 56.1 Å². The Bertz CT molecular complexity index is 628. The predicted molar refractivity (Wildman–Crippen MR) is 122 cm³/mol. The van der Waals surface area contributed by atoms with Gasteiger partial charge in [-0.2, -0.15) is 0 Å². The van der Waals surface area contributed by atoms with Crippen LogP contribution in [0.15, 0.2) is 24.3 Å². The number of aryl methyl sites for hydroxylation is 1. The van der Waals surface area contributed by atoms with Gasteiger partial charge < -0.3 is 10.1 Å². The number of fused-ring (bicyclic) bond motifs is 1. The summed E-state index contributed by atoms with van der Waals surface area (Å²) in [4.78, 5) is 24.1. The van der Waals surface area contributed by atoms with Crippen molar-refractivity contribution in [3.8, 4) is 0 Å². The molecule has 0 saturated carbocycles. The quantitative estimate of drug-likeness (QED) is 0.265. The molecule has 0 fully saturated rings. The number of carbonyl (C=O) groups excluding carboxylic acids is 2. The van der Waals surface area contributed by atoms with E-state index in [1.807, 2.05) is 6.07 Å². The molecule has 0 radical (unpaired) electrons. The molecule has 0 spiro atoms. The van der Waals surface area contributed by atoms with Crippen molar-refractivity contribution in [2.75, 3.05) is 6.61 Å². The zero-order valence-corrected chi connectivity index (χ0v) is 18.9. The van der Waals surface area contributed by atoms with Gasteiger partial charge in [0.2, 0.25) is 5.91 Å². The van der Waals surface area contributed by atoms with Gasteiger partial charge in [0.15, 0.2) is 0 Å². The maximum absolute atomic E-state index is 12.3. The molecule has 0 saturated heterocycles. The number of hydrogen-bond acceptors (Lipinski definition) is 3. The first-order valence-corrected chi connectivity index (χ1v) is 12.2. The highest BCUT2D eigenvalue weighted by Crippen LogP contribution is 2.29. The molecule has 1 N–H and O–H groups in total. The van der Waals surface area contributed by atoms with Gasteiger partial charge in [-0.3, -0.25) is 9.59 Å². The summed E-state index contributed by atoms with van der Waals surface area (Å²) in [6, 6.07) is 8.47. The van der Waals surface area contributed by atoms with E-state index in [0.29, 0.717) is 25.9 Å². The number of carbonyl (C=O) groups is 2. The van der Waals surface area contributed by atoms with Crippen LogP contribution in [-0.4, -0.2) is 18.5 Å². The van der Waals surface area contributed by atoms with E-state index in [0.717, 1.165) is 32.1 Å². The van der Waals surface area contributed by atoms with Crippen LogP contribution in [0.4, 0.5) is 0 Å². The Hall–Kier alpha value is -1.84. The van der Waals surface area contributed by atoms with Crippen LogP contribution < -0.4 is 5.32 Å². The molecule has 1 aromatic rings. The molecule has 0 aromatic heterocycles. The standard InChI is InChI=1S/C26H41NO3/c1-2-3-4-5-6-7-8-9-12-21-30-26(29)20-14-19-25(28)27-24-18-13-16-22-15-10-11-17-23(22)24/h10-11,15,17,24H,2-9,12-14,16,18-21H2,1H3,(H,27,28). The second-order valence-corrected chi connectivity index (χ2v) is 8.61. The fourth-order valence-electron chi connectivity index (χ4n) is 4.23. The molecular weight excluding hydrogens is 374 g/mol. The molecule has 1 aromatic carbocycles. The maximum atomic E-state index is 12.3. The first kappa shape index (κ1) is 24.4. The van der Waals surface area contributed by atoms with Gasteiger partial charge in [-0.1, -0.05) is 82.6 Å². The number of benzene rings is 1. The van der Waals surface area contributed by atoms with Gasteiger partial charge in [0, 0.05) is 12.8 Å². The highest BCUT2D eigenvalue weighted by Gasteiger charge is 2.21. The summed E-state index contributed by atoms with van der Waals surface area (Å²) >= 11 is 0. The van der Waals surface area contributed by atoms with Crippen molar-refractivity contribution in [3.05, 3.63) is 35.4 Å². The lowest BCUT2D eigenvalue weighted by molar-refractivity contribution is -0.143. The van der Waals surface area contributed by atoms with Gasteiger partial charge in [0.05, 0.1) is 12.6 Å². The van der Waals surface area contributed by atoms with Crippen molar-refractivity contribution < 1.29 is 14.3 Å². The summed E-state index contributed by atoms with van der Waals surface area (Å²) in [5.41, 5.74) is 2.59. The summed E-state index contributed by atoms with van der Waals surface area (Å²) < 4.78 is 5.31. The van der Waals surface area contributed by atoms with Crippen LogP contribution >= 0.6 is 0 Å². The second-order valence-electron chi connectivity index (χ2n) is 8.61. The van der Waals surface area contributed by atoms with Crippen LogP contribution in [-0.2, 0) is 20.7 Å². The van der Waals surface area contributed by atoms with Gasteiger partial charge in [0.25, 0.3) is 0 Å². The molecule has 2 rings (SSSR count). The number of amides is 1. The fraction of sp³-hybridized carbons (Fsp3) is 0.692. The van der Waals surface area contributed by atoms with Crippen molar-refractivity contribution in [3.63, 3.8) is 0 Å². The Kier molecular flexibility index (Phi) is 12.2. The Labute approximate surface area is 183 Å². The normalized spacial score (nSPS) is 15.4. The molecule has 168 valence electrons. The molecule has 1 aliphatic rings. The SMILES string of the molecule is CCCCCCCCCCCOC(=O)CCCC(=O)NC1CCCc2ccccc21. The van der Waals surface area contributed by atoms with E-state index >= 15 is 0 Å². The van der Waals surface area contributed by atoms with Crippen LogP contribution in [0.5, 0.6) is 0 Å². The van der Waals surface area contributed by atoms with Crippen LogP contribution in [0.25, 0.3) is 0 Å². The Morgan fingerprint density at radius 3 is 2.40 bits per heavy atom. The minimum absolute atomic E-state index is 0.0310. The lowest BCUT2D eigenvalue weighted by atomic mass is 9.87. The second kappa shape index (κ2) is 15.0. The smallest absolute Gasteiger partial charge is 0.305 e. The monoisotopic (exact) mass is 415 g/mol. The first-order chi connectivity index (χ1) is 14.7. The largest absolute Gasteiger partial charge is 0.466 e. The summed E-state index contributed by atoms with van der Waals surface area (Å²) in [7, 11) is 0. The van der Waals surface area contributed by atoms with Gasteiger partial charge >= 0.3 is 5.97 Å². The van der Waals surface area contributed by atoms with E-state index < -0.39 is 0 Å². The minimum Gasteiger partial charge on any atom is -0.466 e. The average molecular weight is 416 g/mol. The number of nitrogens with one attached hydrogen (secondary N) is 1. The van der Waals surface area contributed by atoms with Crippen molar-refractivity contribution >= 4 is 11.9 Å². The van der Waals surface area contributed by atoms with Crippen LogP contribution in [0, 0.1) is 0 Å². The molecule has 0 bridgehead atoms. The van der Waals surface area contributed by atoms with E-state index in [4.69, 9.17) is 4.74 Å². The maximum Gasteiger partial charge on any atom is 0.305 e. The molecule has 1 amide bonds. The van der Waals surface area contributed by atoms with E-state index in [1.54, 1.807) is 0 Å². The van der Waals surface area contributed by atoms with Crippen LogP contribution in [0.2, 0.25) is 0 Å². The molecule has 30 heavy (non-hydrogen) atoms. The third-order valence-electron chi connectivity index (χ3n) is 6.00. The topological polar surface area (TPSA) is 55.4 Å². The summed E-state index contributed by atoms with van der Waals surface area (Å²) in [5.74, 6) is -0.145. The summed E-state index contributed by atoms with van der Waals surface area (Å²) in [5, 5.41) is 3.15. The first-order valence-electron chi connectivity index (χ1n) is 12.2. The number of unbranched alkanes of at least 4 members (excludes halogenated alkanes) is 8. The van der Waals surface area contributed by atoms with E-state index in [-0.39, 0.29) is 17.9 Å². The van der Waals surface area contributed by atoms with Gasteiger partial charge in [0.1, 0.15) is 0 Å². The average Bonchev–Trinajstić information content (AvgIpc) is 2.75. The highest BCUT2D eigenvalue weighted by atomic mass is 16.5. The van der Waals surface area contributed by atoms with Gasteiger partial charge in [-0.15, -0.1) is 0 Å². The third kappa shape index (κ3) is 9.77. The van der Waals surface area contributed by atoms with Gasteiger partial charge in [-0.05, 0) is 43.2 Å². The molecule has 0 aliphatic heterocycles. The fourth-order valence-corrected chi connectivity index (χ4v) is 4.23. The molecule has 4 nitrogen and oxygen atoms in total. The van der Waals surface area contributed by atoms with Crippen molar-refractivity contribution in [1.82, 2.24) is 5.32 Å². The number of hydrogen-bond donors (Lipinski definition) is 1. The van der Waals surface area contributed by atoms with Crippen molar-refractivity contribution in [2.24, 2.45) is 0 Å². The lowest BCUT2D eigenvalue weighted by Gasteiger charge is -2.26. The summed E-state index contributed by atoms with van der Waals surface area (Å²) in [6.45, 7) is 2.76. The Morgan fingerprint density at radius 2 is 1.63 bits per heavy atom. The van der Waals surface area contributed by atoms with Crippen LogP contribution in [0.1, 0.15) is 114 Å². The van der Waals surface area contributed by atoms with E-state index in [2.05, 4.69) is 30.4 Å². The highest BCUT2D eigenvalue weighted by molar-refractivity contribution is 5.77. The minimum atomic E-state index is -0.176. The van der Waals surface area contributed by atoms with Crippen molar-refractivity contribution in [2.45, 2.75) is 109 Å². The third-order valence-corrected chi connectivity index (χ3v) is 6.00. The summed E-state index contributed by atoms with van der Waals surface area (Å²) in [6.07, 6.45) is 15.7. The van der Waals surface area contributed by atoms with Crippen molar-refractivity contribution in [1.29, 1.82) is 0 Å². The molecule has 1 unspecified atom stereocenters. The Balaban J connectivity index is 1.47.